The minimum absolute atomic E-state index is 0. The van der Waals surface area contributed by atoms with Crippen molar-refractivity contribution in [2.45, 2.75) is 44.4 Å². The Balaban J connectivity index is 0.00000261. The van der Waals surface area contributed by atoms with Gasteiger partial charge in [0.2, 0.25) is 0 Å². The summed E-state index contributed by atoms with van der Waals surface area (Å²) in [6.45, 7) is 4.15. The summed E-state index contributed by atoms with van der Waals surface area (Å²) in [7, 11) is 1.81. The molecular weight excluding hydrogens is 455 g/mol. The smallest absolute Gasteiger partial charge is 0.193 e. The van der Waals surface area contributed by atoms with Crippen LogP contribution in [0.2, 0.25) is 0 Å². The van der Waals surface area contributed by atoms with Crippen LogP contribution in [0.5, 0.6) is 0 Å². The van der Waals surface area contributed by atoms with E-state index in [4.69, 9.17) is 14.7 Å². The molecule has 0 bridgehead atoms. The van der Waals surface area contributed by atoms with Crippen molar-refractivity contribution in [2.75, 3.05) is 33.4 Å². The Hall–Kier alpha value is -1.37. The molecule has 0 saturated carbocycles. The molecule has 0 aliphatic carbocycles. The van der Waals surface area contributed by atoms with Crippen LogP contribution in [-0.2, 0) is 16.0 Å². The van der Waals surface area contributed by atoms with Gasteiger partial charge >= 0.3 is 0 Å². The van der Waals surface area contributed by atoms with Crippen LogP contribution in [0, 0.1) is 11.3 Å². The fourth-order valence-corrected chi connectivity index (χ4v) is 3.52. The number of rotatable bonds is 5. The zero-order chi connectivity index (χ0) is 18.2. The number of benzene rings is 1. The summed E-state index contributed by atoms with van der Waals surface area (Å²) in [4.78, 5) is 6.69. The molecule has 3 rings (SSSR count). The third-order valence-corrected chi connectivity index (χ3v) is 5.00. The number of hydrogen-bond acceptors (Lipinski definition) is 4. The highest BCUT2D eigenvalue weighted by molar-refractivity contribution is 14.0. The molecule has 2 aliphatic heterocycles. The van der Waals surface area contributed by atoms with Gasteiger partial charge in [0, 0.05) is 33.3 Å². The highest BCUT2D eigenvalue weighted by Gasteiger charge is 2.24. The largest absolute Gasteiger partial charge is 0.376 e. The van der Waals surface area contributed by atoms with Crippen molar-refractivity contribution in [3.05, 3.63) is 35.4 Å². The molecule has 2 saturated heterocycles. The molecule has 0 spiro atoms. The molecule has 1 atom stereocenters. The Morgan fingerprint density at radius 3 is 2.85 bits per heavy atom. The Labute approximate surface area is 178 Å². The fourth-order valence-electron chi connectivity index (χ4n) is 3.52. The lowest BCUT2D eigenvalue weighted by Gasteiger charge is -2.34. The first-order valence-corrected chi connectivity index (χ1v) is 9.46. The van der Waals surface area contributed by atoms with E-state index >= 15 is 0 Å². The standard InChI is InChI=1S/C20H28N4O2.HI/c1-22-20(23-14-17-5-2-4-16(12-17)13-21)24-9-7-18(8-10-24)26-15-19-6-3-11-25-19;/h2,4-5,12,18-19H,3,6-11,14-15H2,1H3,(H,22,23);1H. The Kier molecular flexibility index (Phi) is 9.31. The average Bonchev–Trinajstić information content (AvgIpc) is 3.21. The van der Waals surface area contributed by atoms with Crippen LogP contribution in [0.3, 0.4) is 0 Å². The Morgan fingerprint density at radius 1 is 1.37 bits per heavy atom. The molecule has 7 heteroatoms. The number of nitrogens with one attached hydrogen (secondary N) is 1. The summed E-state index contributed by atoms with van der Waals surface area (Å²) in [6.07, 6.45) is 4.93. The maximum absolute atomic E-state index is 9.01. The molecule has 148 valence electrons. The molecule has 0 aromatic heterocycles. The molecule has 2 fully saturated rings. The molecule has 27 heavy (non-hydrogen) atoms. The first-order chi connectivity index (χ1) is 12.8. The lowest BCUT2D eigenvalue weighted by molar-refractivity contribution is -0.0367. The van der Waals surface area contributed by atoms with E-state index in [1.165, 1.54) is 0 Å². The number of aliphatic imine (C=N–C) groups is 1. The lowest BCUT2D eigenvalue weighted by Crippen LogP contribution is -2.47. The monoisotopic (exact) mass is 484 g/mol. The molecular formula is C20H29IN4O2. The first-order valence-electron chi connectivity index (χ1n) is 9.46. The molecule has 2 aliphatic rings. The zero-order valence-electron chi connectivity index (χ0n) is 15.9. The van der Waals surface area contributed by atoms with Gasteiger partial charge in [0.15, 0.2) is 5.96 Å². The minimum atomic E-state index is 0. The van der Waals surface area contributed by atoms with Crippen LogP contribution in [0.15, 0.2) is 29.3 Å². The average molecular weight is 484 g/mol. The number of ether oxygens (including phenoxy) is 2. The summed E-state index contributed by atoms with van der Waals surface area (Å²) in [5.41, 5.74) is 1.77. The van der Waals surface area contributed by atoms with Crippen molar-refractivity contribution >= 4 is 29.9 Å². The molecule has 1 unspecified atom stereocenters. The number of guanidine groups is 1. The first kappa shape index (κ1) is 21.9. The van der Waals surface area contributed by atoms with Crippen LogP contribution < -0.4 is 5.32 Å². The molecule has 1 aromatic carbocycles. The van der Waals surface area contributed by atoms with Crippen LogP contribution in [-0.4, -0.2) is 56.4 Å². The Morgan fingerprint density at radius 2 is 2.19 bits per heavy atom. The number of hydrogen-bond donors (Lipinski definition) is 1. The van der Waals surface area contributed by atoms with Gasteiger partial charge in [-0.1, -0.05) is 12.1 Å². The number of likely N-dealkylation sites (tertiary alicyclic amines) is 1. The maximum Gasteiger partial charge on any atom is 0.193 e. The minimum Gasteiger partial charge on any atom is -0.376 e. The van der Waals surface area contributed by atoms with E-state index < -0.39 is 0 Å². The zero-order valence-corrected chi connectivity index (χ0v) is 18.2. The number of piperidine rings is 1. The Bertz CT molecular complexity index is 648. The summed E-state index contributed by atoms with van der Waals surface area (Å²) >= 11 is 0. The highest BCUT2D eigenvalue weighted by Crippen LogP contribution is 2.18. The SMILES string of the molecule is CN=C(NCc1cccc(C#N)c1)N1CCC(OCC2CCCO2)CC1.I. The van der Waals surface area contributed by atoms with Crippen molar-refractivity contribution in [3.63, 3.8) is 0 Å². The third kappa shape index (κ3) is 6.63. The van der Waals surface area contributed by atoms with Crippen LogP contribution in [0.1, 0.15) is 36.8 Å². The van der Waals surface area contributed by atoms with Gasteiger partial charge in [-0.25, -0.2) is 0 Å². The third-order valence-electron chi connectivity index (χ3n) is 5.00. The van der Waals surface area contributed by atoms with Gasteiger partial charge in [-0.3, -0.25) is 4.99 Å². The number of nitrogens with zero attached hydrogens (tertiary/aromatic N) is 3. The van der Waals surface area contributed by atoms with Crippen molar-refractivity contribution in [1.29, 1.82) is 5.26 Å². The summed E-state index contributed by atoms with van der Waals surface area (Å²) < 4.78 is 11.7. The molecule has 6 nitrogen and oxygen atoms in total. The van der Waals surface area contributed by atoms with Crippen LogP contribution >= 0.6 is 24.0 Å². The van der Waals surface area contributed by atoms with E-state index in [2.05, 4.69) is 21.3 Å². The molecule has 1 N–H and O–H groups in total. The van der Waals surface area contributed by atoms with Crippen molar-refractivity contribution < 1.29 is 9.47 Å². The second kappa shape index (κ2) is 11.5. The van der Waals surface area contributed by atoms with E-state index in [0.717, 1.165) is 63.5 Å². The maximum atomic E-state index is 9.01. The second-order valence-corrected chi connectivity index (χ2v) is 6.87. The van der Waals surface area contributed by atoms with Gasteiger partial charge in [-0.15, -0.1) is 24.0 Å². The van der Waals surface area contributed by atoms with Crippen molar-refractivity contribution in [1.82, 2.24) is 10.2 Å². The van der Waals surface area contributed by atoms with Gasteiger partial charge in [0.1, 0.15) is 0 Å². The van der Waals surface area contributed by atoms with E-state index in [9.17, 15) is 0 Å². The van der Waals surface area contributed by atoms with E-state index in [-0.39, 0.29) is 24.0 Å². The van der Waals surface area contributed by atoms with E-state index in [1.54, 1.807) is 0 Å². The number of halogens is 1. The van der Waals surface area contributed by atoms with Gasteiger partial charge < -0.3 is 19.7 Å². The van der Waals surface area contributed by atoms with Crippen LogP contribution in [0.25, 0.3) is 0 Å². The van der Waals surface area contributed by atoms with Crippen LogP contribution in [0.4, 0.5) is 0 Å². The molecule has 2 heterocycles. The van der Waals surface area contributed by atoms with Crippen molar-refractivity contribution in [2.24, 2.45) is 4.99 Å². The predicted molar refractivity (Wildman–Crippen MR) is 116 cm³/mol. The van der Waals surface area contributed by atoms with Gasteiger partial charge in [-0.05, 0) is 43.4 Å². The summed E-state index contributed by atoms with van der Waals surface area (Å²) in [5.74, 6) is 0.907. The summed E-state index contributed by atoms with van der Waals surface area (Å²) in [5, 5.41) is 12.4. The van der Waals surface area contributed by atoms with Gasteiger partial charge in [-0.2, -0.15) is 5.26 Å². The predicted octanol–water partition coefficient (Wildman–Crippen LogP) is 2.91. The van der Waals surface area contributed by atoms with E-state index in [0.29, 0.717) is 24.3 Å². The van der Waals surface area contributed by atoms with E-state index in [1.807, 2.05) is 31.3 Å². The fraction of sp³-hybridized carbons (Fsp3) is 0.600. The highest BCUT2D eigenvalue weighted by atomic mass is 127. The quantitative estimate of drug-likeness (QED) is 0.396. The van der Waals surface area contributed by atoms with Gasteiger partial charge in [0.05, 0.1) is 30.4 Å². The number of nitriles is 1. The normalized spacial score (nSPS) is 20.8. The molecule has 0 radical (unpaired) electrons. The van der Waals surface area contributed by atoms with Crippen molar-refractivity contribution in [3.8, 4) is 6.07 Å². The summed E-state index contributed by atoms with van der Waals surface area (Å²) in [6, 6.07) is 9.84. The van der Waals surface area contributed by atoms with Gasteiger partial charge in [0.25, 0.3) is 0 Å². The second-order valence-electron chi connectivity index (χ2n) is 6.87. The molecule has 0 amide bonds. The topological polar surface area (TPSA) is 69.9 Å². The molecule has 1 aromatic rings. The lowest BCUT2D eigenvalue weighted by atomic mass is 10.1.